The molecule has 1 heterocycles. The van der Waals surface area contributed by atoms with Crippen molar-refractivity contribution in [2.75, 3.05) is 23.3 Å². The van der Waals surface area contributed by atoms with Crippen molar-refractivity contribution in [3.63, 3.8) is 0 Å². The van der Waals surface area contributed by atoms with Gasteiger partial charge in [0.2, 0.25) is 0 Å². The molecule has 1 aromatic heterocycles. The molecule has 0 bridgehead atoms. The summed E-state index contributed by atoms with van der Waals surface area (Å²) >= 11 is 1.51. The highest BCUT2D eigenvalue weighted by Crippen LogP contribution is 2.39. The zero-order valence-corrected chi connectivity index (χ0v) is 18.7. The number of hydrogen-bond acceptors (Lipinski definition) is 7. The Morgan fingerprint density at radius 1 is 1.28 bits per heavy atom. The van der Waals surface area contributed by atoms with Crippen LogP contribution in [-0.2, 0) is 7.05 Å². The molecule has 3 rings (SSSR count). The standard InChI is InChI=1S/C23H22FN5O2S/c1-4-32-28-15-6-8-20(31-21-7-5-14(11-25)9-19(21)24)16(10-15)18-13-29(3)23(30)17(12-27-2)22(18)26/h5-10,12-13,28H,4,26H2,1-3H3. The summed E-state index contributed by atoms with van der Waals surface area (Å²) in [6, 6.07) is 11.2. The van der Waals surface area contributed by atoms with Gasteiger partial charge < -0.3 is 19.8 Å². The van der Waals surface area contributed by atoms with Crippen LogP contribution in [0.15, 0.2) is 52.4 Å². The highest BCUT2D eigenvalue weighted by molar-refractivity contribution is 8.00. The van der Waals surface area contributed by atoms with Crippen molar-refractivity contribution in [3.8, 4) is 28.7 Å². The van der Waals surface area contributed by atoms with E-state index in [1.807, 2.05) is 19.1 Å². The summed E-state index contributed by atoms with van der Waals surface area (Å²) in [4.78, 5) is 16.5. The van der Waals surface area contributed by atoms with E-state index in [1.54, 1.807) is 32.4 Å². The average molecular weight is 452 g/mol. The van der Waals surface area contributed by atoms with E-state index in [9.17, 15) is 9.18 Å². The number of aliphatic imine (C=N–C) groups is 1. The fourth-order valence-corrected chi connectivity index (χ4v) is 3.50. The molecule has 0 spiro atoms. The number of pyridine rings is 1. The smallest absolute Gasteiger partial charge is 0.261 e. The molecule has 0 aliphatic rings. The minimum Gasteiger partial charge on any atom is -0.454 e. The van der Waals surface area contributed by atoms with Gasteiger partial charge in [-0.15, -0.1) is 0 Å². The topological polar surface area (TPSA) is 105 Å². The summed E-state index contributed by atoms with van der Waals surface area (Å²) in [5, 5.41) is 8.97. The Kier molecular flexibility index (Phi) is 7.18. The Balaban J connectivity index is 2.19. The second kappa shape index (κ2) is 10.0. The molecule has 0 fully saturated rings. The van der Waals surface area contributed by atoms with Crippen LogP contribution in [0, 0.1) is 17.1 Å². The van der Waals surface area contributed by atoms with Gasteiger partial charge in [-0.1, -0.05) is 18.9 Å². The van der Waals surface area contributed by atoms with Crippen LogP contribution in [0.25, 0.3) is 11.1 Å². The summed E-state index contributed by atoms with van der Waals surface area (Å²) in [6.07, 6.45) is 3.02. The lowest BCUT2D eigenvalue weighted by atomic mass is 10.0. The van der Waals surface area contributed by atoms with Gasteiger partial charge in [-0.3, -0.25) is 9.79 Å². The van der Waals surface area contributed by atoms with Crippen LogP contribution in [0.3, 0.4) is 0 Å². The number of nitrogen functional groups attached to an aromatic ring is 1. The second-order valence-corrected chi connectivity index (χ2v) is 7.85. The van der Waals surface area contributed by atoms with Crippen molar-refractivity contribution in [1.29, 1.82) is 5.26 Å². The first-order chi connectivity index (χ1) is 15.4. The number of aryl methyl sites for hydroxylation is 1. The number of ether oxygens (including phenoxy) is 1. The molecule has 9 heteroatoms. The van der Waals surface area contributed by atoms with Crippen LogP contribution in [-0.4, -0.2) is 23.6 Å². The van der Waals surface area contributed by atoms with E-state index in [2.05, 4.69) is 9.71 Å². The van der Waals surface area contributed by atoms with Crippen molar-refractivity contribution >= 4 is 29.5 Å². The van der Waals surface area contributed by atoms with Gasteiger partial charge in [-0.25, -0.2) is 4.39 Å². The van der Waals surface area contributed by atoms with Crippen LogP contribution < -0.4 is 20.8 Å². The van der Waals surface area contributed by atoms with Gasteiger partial charge in [-0.05, 0) is 36.4 Å². The minimum atomic E-state index is -0.661. The SMILES string of the molecule is CCSNc1ccc(Oc2ccc(C#N)cc2F)c(-c2cn(C)c(=O)c(C=NC)c2N)c1. The number of anilines is 2. The molecule has 7 nitrogen and oxygen atoms in total. The highest BCUT2D eigenvalue weighted by atomic mass is 32.2. The maximum absolute atomic E-state index is 14.5. The van der Waals surface area contributed by atoms with Crippen molar-refractivity contribution < 1.29 is 9.13 Å². The van der Waals surface area contributed by atoms with Gasteiger partial charge in [-0.2, -0.15) is 5.26 Å². The number of hydrogen-bond donors (Lipinski definition) is 2. The Bertz CT molecular complexity index is 1280. The molecule has 2 aromatic carbocycles. The van der Waals surface area contributed by atoms with E-state index in [-0.39, 0.29) is 28.1 Å². The number of nitriles is 1. The fourth-order valence-electron chi connectivity index (χ4n) is 3.06. The number of nitrogens with zero attached hydrogens (tertiary/aromatic N) is 3. The summed E-state index contributed by atoms with van der Waals surface area (Å²) < 4.78 is 25.0. The van der Waals surface area contributed by atoms with Crippen molar-refractivity contribution in [2.45, 2.75) is 6.92 Å². The minimum absolute atomic E-state index is 0.0346. The second-order valence-electron chi connectivity index (χ2n) is 6.78. The van der Waals surface area contributed by atoms with E-state index >= 15 is 0 Å². The molecule has 0 radical (unpaired) electrons. The third kappa shape index (κ3) is 4.76. The molecular weight excluding hydrogens is 429 g/mol. The van der Waals surface area contributed by atoms with Gasteiger partial charge in [0.05, 0.1) is 22.9 Å². The Hall–Kier alpha value is -3.77. The van der Waals surface area contributed by atoms with E-state index in [4.69, 9.17) is 15.7 Å². The third-order valence-electron chi connectivity index (χ3n) is 4.60. The molecular formula is C23H22FN5O2S. The molecule has 32 heavy (non-hydrogen) atoms. The molecule has 0 unspecified atom stereocenters. The normalized spacial score (nSPS) is 10.8. The first kappa shape index (κ1) is 22.9. The molecule has 3 N–H and O–H groups in total. The number of nitrogens with two attached hydrogens (primary N) is 1. The number of benzene rings is 2. The monoisotopic (exact) mass is 451 g/mol. The van der Waals surface area contributed by atoms with Crippen molar-refractivity contribution in [2.24, 2.45) is 12.0 Å². The molecule has 0 amide bonds. The maximum Gasteiger partial charge on any atom is 0.261 e. The summed E-state index contributed by atoms with van der Waals surface area (Å²) in [5.74, 6) is 0.493. The lowest BCUT2D eigenvalue weighted by Crippen LogP contribution is -2.23. The predicted molar refractivity (Wildman–Crippen MR) is 128 cm³/mol. The van der Waals surface area contributed by atoms with Gasteiger partial charge in [0.15, 0.2) is 11.6 Å². The highest BCUT2D eigenvalue weighted by Gasteiger charge is 2.18. The Morgan fingerprint density at radius 3 is 2.69 bits per heavy atom. The third-order valence-corrected chi connectivity index (χ3v) is 5.27. The van der Waals surface area contributed by atoms with Gasteiger partial charge in [0, 0.05) is 49.1 Å². The summed E-state index contributed by atoms with van der Waals surface area (Å²) in [6.45, 7) is 2.02. The lowest BCUT2D eigenvalue weighted by Gasteiger charge is -2.17. The molecule has 0 saturated heterocycles. The first-order valence-corrected chi connectivity index (χ1v) is 10.7. The van der Waals surface area contributed by atoms with E-state index in [0.717, 1.165) is 17.5 Å². The van der Waals surface area contributed by atoms with E-state index in [0.29, 0.717) is 16.9 Å². The number of rotatable bonds is 7. The molecule has 0 saturated carbocycles. The predicted octanol–water partition coefficient (Wildman–Crippen LogP) is 4.57. The zero-order valence-electron chi connectivity index (χ0n) is 17.8. The zero-order chi connectivity index (χ0) is 23.3. The number of aromatic nitrogens is 1. The number of nitrogens with one attached hydrogen (secondary N) is 1. The molecule has 0 atom stereocenters. The van der Waals surface area contributed by atoms with Crippen molar-refractivity contribution in [1.82, 2.24) is 4.57 Å². The number of halogens is 1. The summed E-state index contributed by atoms with van der Waals surface area (Å²) in [5.41, 5.74) is 8.65. The lowest BCUT2D eigenvalue weighted by molar-refractivity contribution is 0.443. The Labute approximate surface area is 189 Å². The average Bonchev–Trinajstić information content (AvgIpc) is 2.79. The Morgan fingerprint density at radius 2 is 2.03 bits per heavy atom. The van der Waals surface area contributed by atoms with E-state index < -0.39 is 5.82 Å². The molecule has 0 aliphatic carbocycles. The van der Waals surface area contributed by atoms with Crippen LogP contribution in [0.1, 0.15) is 18.1 Å². The quantitative estimate of drug-likeness (QED) is 0.403. The van der Waals surface area contributed by atoms with Crippen LogP contribution in [0.5, 0.6) is 11.5 Å². The van der Waals surface area contributed by atoms with Crippen molar-refractivity contribution in [3.05, 3.63) is 69.9 Å². The van der Waals surface area contributed by atoms with Crippen LogP contribution in [0.2, 0.25) is 0 Å². The molecule has 3 aromatic rings. The van der Waals surface area contributed by atoms with Gasteiger partial charge >= 0.3 is 0 Å². The summed E-state index contributed by atoms with van der Waals surface area (Å²) in [7, 11) is 3.18. The first-order valence-electron chi connectivity index (χ1n) is 9.70. The van der Waals surface area contributed by atoms with Crippen LogP contribution >= 0.6 is 11.9 Å². The van der Waals surface area contributed by atoms with Crippen LogP contribution in [0.4, 0.5) is 15.8 Å². The molecule has 0 aliphatic heterocycles. The maximum atomic E-state index is 14.5. The largest absolute Gasteiger partial charge is 0.454 e. The van der Waals surface area contributed by atoms with Gasteiger partial charge in [0.1, 0.15) is 5.75 Å². The van der Waals surface area contributed by atoms with E-state index in [1.165, 1.54) is 34.9 Å². The molecule has 164 valence electrons. The fraction of sp³-hybridized carbons (Fsp3) is 0.174. The van der Waals surface area contributed by atoms with Gasteiger partial charge in [0.25, 0.3) is 5.56 Å².